The average Bonchev–Trinajstić information content (AvgIpc) is 2.88. The second-order valence-corrected chi connectivity index (χ2v) is 5.98. The third-order valence-corrected chi connectivity index (χ3v) is 4.08. The highest BCUT2D eigenvalue weighted by atomic mass is 32.2. The molecule has 0 aromatic heterocycles. The molecule has 0 unspecified atom stereocenters. The van der Waals surface area contributed by atoms with Gasteiger partial charge in [0.15, 0.2) is 0 Å². The lowest BCUT2D eigenvalue weighted by atomic mass is 10.2. The number of carbonyl (C=O) groups is 2. The molecule has 1 aliphatic rings. The number of alkyl halides is 2. The lowest BCUT2D eigenvalue weighted by Gasteiger charge is -2.20. The number of benzene rings is 1. The van der Waals surface area contributed by atoms with E-state index in [4.69, 9.17) is 5.11 Å². The van der Waals surface area contributed by atoms with Gasteiger partial charge in [-0.2, -0.15) is 8.78 Å². The summed E-state index contributed by atoms with van der Waals surface area (Å²) in [7, 11) is 0. The summed E-state index contributed by atoms with van der Waals surface area (Å²) < 4.78 is 24.4. The van der Waals surface area contributed by atoms with Crippen molar-refractivity contribution in [2.45, 2.75) is 29.5 Å². The number of anilines is 1. The van der Waals surface area contributed by atoms with Crippen LogP contribution in [0.25, 0.3) is 0 Å². The Kier molecular flexibility index (Phi) is 5.73. The van der Waals surface area contributed by atoms with Gasteiger partial charge in [-0.3, -0.25) is 14.5 Å². The van der Waals surface area contributed by atoms with Crippen molar-refractivity contribution in [3.05, 3.63) is 24.3 Å². The van der Waals surface area contributed by atoms with Gasteiger partial charge in [0, 0.05) is 10.6 Å². The van der Waals surface area contributed by atoms with Crippen molar-refractivity contribution in [2.75, 3.05) is 18.4 Å². The molecule has 5 nitrogen and oxygen atoms in total. The van der Waals surface area contributed by atoms with Crippen LogP contribution in [0.3, 0.4) is 0 Å². The summed E-state index contributed by atoms with van der Waals surface area (Å²) in [6, 6.07) is 5.48. The molecule has 2 N–H and O–H groups in total. The molecule has 0 aliphatic carbocycles. The minimum Gasteiger partial charge on any atom is -0.480 e. The SMILES string of the molecule is O=C(CN1CCC[C@H]1C(=O)O)Nc1ccc(SC(F)F)cc1. The standard InChI is InChI=1S/C14H16F2N2O3S/c15-14(16)22-10-5-3-9(4-6-10)17-12(19)8-18-7-1-2-11(18)13(20)21/h3-6,11,14H,1-2,7-8H2,(H,17,19)(H,20,21)/t11-/m0/s1. The maximum absolute atomic E-state index is 12.2. The molecule has 1 amide bonds. The Morgan fingerprint density at radius 3 is 2.64 bits per heavy atom. The Labute approximate surface area is 130 Å². The first-order chi connectivity index (χ1) is 10.5. The van der Waals surface area contributed by atoms with Crippen LogP contribution in [0.1, 0.15) is 12.8 Å². The van der Waals surface area contributed by atoms with Crippen LogP contribution in [-0.2, 0) is 9.59 Å². The van der Waals surface area contributed by atoms with Crippen molar-refractivity contribution < 1.29 is 23.5 Å². The van der Waals surface area contributed by atoms with Gasteiger partial charge in [0.25, 0.3) is 5.76 Å². The molecule has 1 aromatic carbocycles. The Bertz CT molecular complexity index is 539. The smallest absolute Gasteiger partial charge is 0.320 e. The fourth-order valence-corrected chi connectivity index (χ4v) is 2.90. The van der Waals surface area contributed by atoms with Crippen LogP contribution in [0.15, 0.2) is 29.2 Å². The fourth-order valence-electron chi connectivity index (χ4n) is 2.40. The normalized spacial score (nSPS) is 18.6. The van der Waals surface area contributed by atoms with Gasteiger partial charge < -0.3 is 10.4 Å². The third-order valence-electron chi connectivity index (χ3n) is 3.36. The molecule has 0 bridgehead atoms. The number of carboxylic acids is 1. The quantitative estimate of drug-likeness (QED) is 0.784. The molecular weight excluding hydrogens is 314 g/mol. The van der Waals surface area contributed by atoms with Crippen LogP contribution in [0.2, 0.25) is 0 Å². The lowest BCUT2D eigenvalue weighted by Crippen LogP contribution is -2.40. The topological polar surface area (TPSA) is 69.6 Å². The van der Waals surface area contributed by atoms with E-state index in [9.17, 15) is 18.4 Å². The van der Waals surface area contributed by atoms with Crippen LogP contribution in [0.5, 0.6) is 0 Å². The molecule has 1 aromatic rings. The van der Waals surface area contributed by atoms with Crippen molar-refractivity contribution >= 4 is 29.3 Å². The number of carbonyl (C=O) groups excluding carboxylic acids is 1. The third kappa shape index (κ3) is 4.67. The number of amides is 1. The molecule has 120 valence electrons. The molecule has 0 radical (unpaired) electrons. The van der Waals surface area contributed by atoms with E-state index in [0.29, 0.717) is 35.3 Å². The highest BCUT2D eigenvalue weighted by molar-refractivity contribution is 7.99. The minimum atomic E-state index is -2.48. The van der Waals surface area contributed by atoms with Crippen LogP contribution in [0, 0.1) is 0 Å². The number of halogens is 2. The zero-order chi connectivity index (χ0) is 16.1. The van der Waals surface area contributed by atoms with Gasteiger partial charge in [-0.15, -0.1) is 0 Å². The monoisotopic (exact) mass is 330 g/mol. The number of hydrogen-bond acceptors (Lipinski definition) is 4. The molecule has 0 spiro atoms. The van der Waals surface area contributed by atoms with E-state index in [0.717, 1.165) is 6.42 Å². The number of nitrogens with zero attached hydrogens (tertiary/aromatic N) is 1. The summed E-state index contributed by atoms with van der Waals surface area (Å²) >= 11 is 0.436. The van der Waals surface area contributed by atoms with Gasteiger partial charge in [-0.05, 0) is 43.7 Å². The van der Waals surface area contributed by atoms with Gasteiger partial charge >= 0.3 is 5.97 Å². The predicted octanol–water partition coefficient (Wildman–Crippen LogP) is 2.49. The fraction of sp³-hybridized carbons (Fsp3) is 0.429. The number of aliphatic carboxylic acids is 1. The van der Waals surface area contributed by atoms with Crippen LogP contribution >= 0.6 is 11.8 Å². The first-order valence-corrected chi connectivity index (χ1v) is 7.65. The van der Waals surface area contributed by atoms with Gasteiger partial charge in [-0.1, -0.05) is 11.8 Å². The number of carboxylic acid groups (broad SMARTS) is 1. The zero-order valence-electron chi connectivity index (χ0n) is 11.7. The van der Waals surface area contributed by atoms with Crippen molar-refractivity contribution in [3.63, 3.8) is 0 Å². The van der Waals surface area contributed by atoms with Crippen LogP contribution in [0.4, 0.5) is 14.5 Å². The molecule has 1 saturated heterocycles. The van der Waals surface area contributed by atoms with Gasteiger partial charge in [0.05, 0.1) is 6.54 Å². The van der Waals surface area contributed by atoms with Gasteiger partial charge in [-0.25, -0.2) is 0 Å². The maximum Gasteiger partial charge on any atom is 0.320 e. The van der Waals surface area contributed by atoms with E-state index in [1.165, 1.54) is 12.1 Å². The van der Waals surface area contributed by atoms with E-state index >= 15 is 0 Å². The summed E-state index contributed by atoms with van der Waals surface area (Å²) in [4.78, 5) is 25.0. The largest absolute Gasteiger partial charge is 0.480 e. The van der Waals surface area contributed by atoms with Crippen LogP contribution < -0.4 is 5.32 Å². The summed E-state index contributed by atoms with van der Waals surface area (Å²) in [5.74, 6) is -3.72. The number of hydrogen-bond donors (Lipinski definition) is 2. The molecule has 0 saturated carbocycles. The molecule has 1 atom stereocenters. The van der Waals surface area contributed by atoms with Crippen LogP contribution in [-0.4, -0.2) is 46.8 Å². The molecule has 1 heterocycles. The van der Waals surface area contributed by atoms with E-state index in [1.807, 2.05) is 0 Å². The Morgan fingerprint density at radius 2 is 2.05 bits per heavy atom. The summed E-state index contributed by atoms with van der Waals surface area (Å²) in [5.41, 5.74) is 0.495. The Balaban J connectivity index is 1.88. The van der Waals surface area contributed by atoms with Crippen molar-refractivity contribution in [1.82, 2.24) is 4.90 Å². The second-order valence-electron chi connectivity index (χ2n) is 4.92. The first-order valence-electron chi connectivity index (χ1n) is 6.77. The van der Waals surface area contributed by atoms with E-state index in [2.05, 4.69) is 5.32 Å². The maximum atomic E-state index is 12.2. The molecule has 2 rings (SSSR count). The van der Waals surface area contributed by atoms with Gasteiger partial charge in [0.2, 0.25) is 5.91 Å². The van der Waals surface area contributed by atoms with Crippen molar-refractivity contribution in [3.8, 4) is 0 Å². The predicted molar refractivity (Wildman–Crippen MR) is 79.2 cm³/mol. The van der Waals surface area contributed by atoms with Gasteiger partial charge in [0.1, 0.15) is 6.04 Å². The average molecular weight is 330 g/mol. The molecule has 22 heavy (non-hydrogen) atoms. The number of rotatable bonds is 6. The van der Waals surface area contributed by atoms with E-state index in [1.54, 1.807) is 17.0 Å². The number of thioether (sulfide) groups is 1. The molecule has 1 aliphatic heterocycles. The first kappa shape index (κ1) is 16.7. The van der Waals surface area contributed by atoms with E-state index in [-0.39, 0.29) is 12.5 Å². The lowest BCUT2D eigenvalue weighted by molar-refractivity contribution is -0.142. The van der Waals surface area contributed by atoms with E-state index < -0.39 is 17.8 Å². The van der Waals surface area contributed by atoms with Crippen molar-refractivity contribution in [2.24, 2.45) is 0 Å². The Morgan fingerprint density at radius 1 is 1.36 bits per heavy atom. The highest BCUT2D eigenvalue weighted by Crippen LogP contribution is 2.26. The zero-order valence-corrected chi connectivity index (χ0v) is 12.5. The number of likely N-dealkylation sites (tertiary alicyclic amines) is 1. The second kappa shape index (κ2) is 7.55. The summed E-state index contributed by atoms with van der Waals surface area (Å²) in [5, 5.41) is 11.7. The Hall–Kier alpha value is -1.67. The van der Waals surface area contributed by atoms with Crippen molar-refractivity contribution in [1.29, 1.82) is 0 Å². The summed E-state index contributed by atoms with van der Waals surface area (Å²) in [6.45, 7) is 0.582. The highest BCUT2D eigenvalue weighted by Gasteiger charge is 2.31. The summed E-state index contributed by atoms with van der Waals surface area (Å²) in [6.07, 6.45) is 1.30. The molecule has 1 fully saturated rings. The minimum absolute atomic E-state index is 0.00447. The molecular formula is C14H16F2N2O3S. The number of nitrogens with one attached hydrogen (secondary N) is 1. The molecule has 8 heteroatoms.